The third-order valence-electron chi connectivity index (χ3n) is 6.63. The molecular weight excluding hydrogens is 440 g/mol. The van der Waals surface area contributed by atoms with Crippen LogP contribution >= 0.6 is 0 Å². The molecule has 0 atom stereocenters. The average molecular weight is 466 g/mol. The van der Waals surface area contributed by atoms with Gasteiger partial charge >= 0.3 is 11.9 Å². The lowest BCUT2D eigenvalue weighted by molar-refractivity contribution is -0.0847. The van der Waals surface area contributed by atoms with E-state index in [-0.39, 0.29) is 17.1 Å². The molecule has 10 nitrogen and oxygen atoms in total. The Bertz CT molecular complexity index is 1410. The van der Waals surface area contributed by atoms with Crippen LogP contribution in [0.2, 0.25) is 0 Å². The first-order valence-corrected chi connectivity index (χ1v) is 11.1. The number of esters is 1. The fourth-order valence-electron chi connectivity index (χ4n) is 4.99. The van der Waals surface area contributed by atoms with E-state index in [9.17, 15) is 19.5 Å². The quantitative estimate of drug-likeness (QED) is 0.569. The van der Waals surface area contributed by atoms with Crippen LogP contribution in [-0.4, -0.2) is 48.9 Å². The summed E-state index contributed by atoms with van der Waals surface area (Å²) in [5, 5.41) is 9.64. The van der Waals surface area contributed by atoms with Crippen LogP contribution in [0.1, 0.15) is 60.9 Å². The molecule has 0 aliphatic heterocycles. The largest absolute Gasteiger partial charge is 0.489 e. The lowest BCUT2D eigenvalue weighted by Gasteiger charge is -2.62. The number of ether oxygens (including phenoxy) is 2. The first-order valence-electron chi connectivity index (χ1n) is 11.1. The fraction of sp³-hybridized carbons (Fsp3) is 0.458. The van der Waals surface area contributed by atoms with E-state index in [2.05, 4.69) is 4.98 Å². The van der Waals surface area contributed by atoms with Crippen molar-refractivity contribution in [3.8, 4) is 17.4 Å². The number of imidazole rings is 1. The molecule has 0 saturated heterocycles. The molecule has 178 valence electrons. The second-order valence-electron chi connectivity index (χ2n) is 10.2. The Kier molecular flexibility index (Phi) is 4.65. The number of carboxylic acid groups (broad SMARTS) is 1. The molecule has 1 N–H and O–H groups in total. The standard InChI is InChI=1S/C24H26N4O6/c1-23(2,3)34-22(32)13-6-7-14-15(8-13)28(24-9-12(10-24)11-24)19(25-14)18-26-16(21(30)31)17(33-5)20(29)27(18)4/h6-8,12H,9-11H2,1-5H3,(H,30,31). The molecule has 0 radical (unpaired) electrons. The maximum atomic E-state index is 12.9. The zero-order chi connectivity index (χ0) is 24.6. The molecule has 2 aromatic heterocycles. The Hall–Kier alpha value is -3.69. The number of aromatic nitrogens is 4. The van der Waals surface area contributed by atoms with Gasteiger partial charge in [-0.2, -0.15) is 0 Å². The van der Waals surface area contributed by atoms with Gasteiger partial charge in [0, 0.05) is 12.6 Å². The minimum absolute atomic E-state index is 0.128. The summed E-state index contributed by atoms with van der Waals surface area (Å²) >= 11 is 0. The summed E-state index contributed by atoms with van der Waals surface area (Å²) in [6.45, 7) is 5.43. The lowest BCUT2D eigenvalue weighted by Crippen LogP contribution is -2.59. The van der Waals surface area contributed by atoms with Crippen molar-refractivity contribution in [2.45, 2.75) is 51.2 Å². The minimum Gasteiger partial charge on any atom is -0.489 e. The van der Waals surface area contributed by atoms with Crippen LogP contribution in [0.3, 0.4) is 0 Å². The van der Waals surface area contributed by atoms with Crippen molar-refractivity contribution in [3.63, 3.8) is 0 Å². The second-order valence-corrected chi connectivity index (χ2v) is 10.2. The van der Waals surface area contributed by atoms with E-state index in [1.54, 1.807) is 18.2 Å². The van der Waals surface area contributed by atoms with Gasteiger partial charge < -0.3 is 19.1 Å². The Labute approximate surface area is 195 Å². The average Bonchev–Trinajstić information content (AvgIpc) is 3.04. The number of hydrogen-bond acceptors (Lipinski definition) is 7. The van der Waals surface area contributed by atoms with Crippen molar-refractivity contribution in [2.75, 3.05) is 7.11 Å². The summed E-state index contributed by atoms with van der Waals surface area (Å²) in [6, 6.07) is 5.14. The molecule has 3 aromatic rings. The first-order chi connectivity index (χ1) is 15.9. The third kappa shape index (κ3) is 3.19. The van der Waals surface area contributed by atoms with Gasteiger partial charge in [-0.05, 0) is 64.2 Å². The summed E-state index contributed by atoms with van der Waals surface area (Å²) in [5.74, 6) is -0.983. The Morgan fingerprint density at radius 1 is 1.15 bits per heavy atom. The van der Waals surface area contributed by atoms with Gasteiger partial charge in [0.15, 0.2) is 17.3 Å². The van der Waals surface area contributed by atoms with Gasteiger partial charge in [0.1, 0.15) is 5.60 Å². The summed E-state index contributed by atoms with van der Waals surface area (Å²) in [4.78, 5) is 46.5. The highest BCUT2D eigenvalue weighted by atomic mass is 16.6. The molecule has 0 amide bonds. The Morgan fingerprint density at radius 3 is 2.35 bits per heavy atom. The number of hydrogen-bond donors (Lipinski definition) is 1. The third-order valence-corrected chi connectivity index (χ3v) is 6.63. The highest BCUT2D eigenvalue weighted by Crippen LogP contribution is 2.63. The fourth-order valence-corrected chi connectivity index (χ4v) is 4.99. The Morgan fingerprint density at radius 2 is 1.82 bits per heavy atom. The van der Waals surface area contributed by atoms with Crippen molar-refractivity contribution < 1.29 is 24.2 Å². The molecule has 0 unspecified atom stereocenters. The van der Waals surface area contributed by atoms with Crippen LogP contribution in [0.4, 0.5) is 0 Å². The van der Waals surface area contributed by atoms with Crippen molar-refractivity contribution in [1.82, 2.24) is 19.1 Å². The van der Waals surface area contributed by atoms with Gasteiger partial charge in [-0.15, -0.1) is 0 Å². The van der Waals surface area contributed by atoms with Crippen LogP contribution in [0.25, 0.3) is 22.7 Å². The zero-order valence-electron chi connectivity index (χ0n) is 19.7. The van der Waals surface area contributed by atoms with E-state index in [4.69, 9.17) is 14.5 Å². The molecule has 0 spiro atoms. The molecule has 3 aliphatic rings. The number of benzene rings is 1. The topological polar surface area (TPSA) is 126 Å². The van der Waals surface area contributed by atoms with Gasteiger partial charge in [0.25, 0.3) is 5.56 Å². The van der Waals surface area contributed by atoms with E-state index in [1.807, 2.05) is 25.3 Å². The van der Waals surface area contributed by atoms with E-state index >= 15 is 0 Å². The molecule has 2 heterocycles. The molecule has 2 bridgehead atoms. The normalized spacial score (nSPS) is 21.0. The summed E-state index contributed by atoms with van der Waals surface area (Å²) in [7, 11) is 2.75. The molecule has 1 aromatic carbocycles. The van der Waals surface area contributed by atoms with Crippen molar-refractivity contribution in [2.24, 2.45) is 13.0 Å². The van der Waals surface area contributed by atoms with Crippen molar-refractivity contribution in [1.29, 1.82) is 0 Å². The predicted octanol–water partition coefficient (Wildman–Crippen LogP) is 2.97. The number of rotatable bonds is 5. The molecule has 34 heavy (non-hydrogen) atoms. The maximum absolute atomic E-state index is 12.9. The molecular formula is C24H26N4O6. The molecule has 3 saturated carbocycles. The number of carboxylic acids is 1. The molecule has 10 heteroatoms. The minimum atomic E-state index is -1.36. The monoisotopic (exact) mass is 466 g/mol. The number of aromatic carboxylic acids is 1. The van der Waals surface area contributed by atoms with Crippen LogP contribution < -0.4 is 10.3 Å². The summed E-state index contributed by atoms with van der Waals surface area (Å²) in [5.41, 5.74) is -0.176. The van der Waals surface area contributed by atoms with Crippen LogP contribution in [0, 0.1) is 5.92 Å². The van der Waals surface area contributed by atoms with E-state index in [0.29, 0.717) is 22.8 Å². The smallest absolute Gasteiger partial charge is 0.358 e. The SMILES string of the molecule is COc1c(C(=O)O)nc(-c2nc3ccc(C(=O)OC(C)(C)C)cc3n2C23CC(C2)C3)n(C)c1=O. The van der Waals surface area contributed by atoms with Crippen molar-refractivity contribution in [3.05, 3.63) is 39.8 Å². The Balaban J connectivity index is 1.75. The lowest BCUT2D eigenvalue weighted by atomic mass is 9.49. The number of nitrogens with zero attached hydrogens (tertiary/aromatic N) is 4. The first kappa shape index (κ1) is 22.1. The highest BCUT2D eigenvalue weighted by Gasteiger charge is 2.59. The van der Waals surface area contributed by atoms with Crippen molar-refractivity contribution >= 4 is 23.0 Å². The number of carbonyl (C=O) groups is 2. The highest BCUT2D eigenvalue weighted by molar-refractivity contribution is 5.95. The van der Waals surface area contributed by atoms with Gasteiger partial charge in [-0.3, -0.25) is 9.36 Å². The maximum Gasteiger partial charge on any atom is 0.358 e. The van der Waals surface area contributed by atoms with E-state index in [1.165, 1.54) is 18.7 Å². The molecule has 3 fully saturated rings. The number of carbonyl (C=O) groups excluding carboxylic acids is 1. The number of methoxy groups -OCH3 is 1. The van der Waals surface area contributed by atoms with Gasteiger partial charge in [-0.1, -0.05) is 0 Å². The van der Waals surface area contributed by atoms with E-state index in [0.717, 1.165) is 24.8 Å². The van der Waals surface area contributed by atoms with Gasteiger partial charge in [-0.25, -0.2) is 19.6 Å². The van der Waals surface area contributed by atoms with Gasteiger partial charge in [0.05, 0.1) is 23.7 Å². The summed E-state index contributed by atoms with van der Waals surface area (Å²) < 4.78 is 13.8. The van der Waals surface area contributed by atoms with E-state index < -0.39 is 28.8 Å². The van der Waals surface area contributed by atoms with Crippen LogP contribution in [0.15, 0.2) is 23.0 Å². The van der Waals surface area contributed by atoms with Crippen LogP contribution in [-0.2, 0) is 17.3 Å². The second kappa shape index (κ2) is 7.15. The summed E-state index contributed by atoms with van der Waals surface area (Å²) in [6.07, 6.45) is 2.87. The number of fused-ring (bicyclic) bond motifs is 1. The van der Waals surface area contributed by atoms with Crippen LogP contribution in [0.5, 0.6) is 5.75 Å². The predicted molar refractivity (Wildman–Crippen MR) is 122 cm³/mol. The molecule has 3 aliphatic carbocycles. The van der Waals surface area contributed by atoms with Gasteiger partial charge in [0.2, 0.25) is 5.75 Å². The molecule has 6 rings (SSSR count). The zero-order valence-corrected chi connectivity index (χ0v) is 19.7.